The maximum Gasteiger partial charge on any atom is 0.123 e. The van der Waals surface area contributed by atoms with E-state index in [1.54, 1.807) is 11.3 Å². The fourth-order valence-corrected chi connectivity index (χ4v) is 2.52. The van der Waals surface area contributed by atoms with Crippen LogP contribution in [0.4, 0.5) is 0 Å². The third-order valence-electron chi connectivity index (χ3n) is 2.38. The molecular formula is C14H17NO2S. The van der Waals surface area contributed by atoms with Crippen LogP contribution < -0.4 is 4.74 Å². The highest BCUT2D eigenvalue weighted by atomic mass is 32.1. The van der Waals surface area contributed by atoms with Gasteiger partial charge in [0.1, 0.15) is 10.8 Å². The number of hydrogen-bond donors (Lipinski definition) is 1. The summed E-state index contributed by atoms with van der Waals surface area (Å²) < 4.78 is 5.60. The Kier molecular flexibility index (Phi) is 4.33. The van der Waals surface area contributed by atoms with Gasteiger partial charge >= 0.3 is 0 Å². The summed E-state index contributed by atoms with van der Waals surface area (Å²) in [7, 11) is 0. The third-order valence-corrected chi connectivity index (χ3v) is 3.49. The molecule has 18 heavy (non-hydrogen) atoms. The number of rotatable bonds is 5. The van der Waals surface area contributed by atoms with E-state index in [9.17, 15) is 0 Å². The molecule has 0 spiro atoms. The molecule has 0 aliphatic heterocycles. The van der Waals surface area contributed by atoms with Crippen molar-refractivity contribution in [2.75, 3.05) is 6.61 Å². The highest BCUT2D eigenvalue weighted by molar-refractivity contribution is 7.15. The van der Waals surface area contributed by atoms with E-state index in [2.05, 4.69) is 4.98 Å². The number of hydrogen-bond acceptors (Lipinski definition) is 4. The van der Waals surface area contributed by atoms with Crippen LogP contribution in [0.25, 0.3) is 10.6 Å². The Morgan fingerprint density at radius 3 is 2.61 bits per heavy atom. The first-order chi connectivity index (χ1) is 8.69. The fraction of sp³-hybridized carbons (Fsp3) is 0.357. The Bertz CT molecular complexity index is 491. The monoisotopic (exact) mass is 263 g/mol. The number of ether oxygens (including phenoxy) is 1. The van der Waals surface area contributed by atoms with Crippen LogP contribution in [0.1, 0.15) is 18.7 Å². The van der Waals surface area contributed by atoms with Crippen LogP contribution >= 0.6 is 11.3 Å². The second-order valence-corrected chi connectivity index (χ2v) is 5.41. The molecule has 3 nitrogen and oxygen atoms in total. The minimum atomic E-state index is 0.169. The molecular weight excluding hydrogens is 246 g/mol. The average molecular weight is 263 g/mol. The van der Waals surface area contributed by atoms with Gasteiger partial charge in [0.15, 0.2) is 0 Å². The van der Waals surface area contributed by atoms with Crippen molar-refractivity contribution in [1.29, 1.82) is 0 Å². The number of aliphatic hydroxyl groups excluding tert-OH is 1. The van der Waals surface area contributed by atoms with Gasteiger partial charge in [0.25, 0.3) is 0 Å². The Balaban J connectivity index is 2.12. The lowest BCUT2D eigenvalue weighted by Gasteiger charge is -2.09. The Labute approximate surface area is 111 Å². The van der Waals surface area contributed by atoms with Crippen LogP contribution in [0.2, 0.25) is 0 Å². The van der Waals surface area contributed by atoms with Crippen LogP contribution in [-0.4, -0.2) is 22.8 Å². The first-order valence-corrected chi connectivity index (χ1v) is 6.83. The zero-order chi connectivity index (χ0) is 13.0. The smallest absolute Gasteiger partial charge is 0.123 e. The van der Waals surface area contributed by atoms with Crippen LogP contribution in [0.3, 0.4) is 0 Å². The van der Waals surface area contributed by atoms with E-state index in [0.29, 0.717) is 6.42 Å². The molecule has 0 bridgehead atoms. The van der Waals surface area contributed by atoms with E-state index in [1.165, 1.54) is 0 Å². The summed E-state index contributed by atoms with van der Waals surface area (Å²) in [5.74, 6) is 0.876. The summed E-state index contributed by atoms with van der Waals surface area (Å²) in [5, 5.41) is 9.86. The molecule has 0 aliphatic rings. The summed E-state index contributed by atoms with van der Waals surface area (Å²) in [6.45, 7) is 4.19. The van der Waals surface area contributed by atoms with Crippen LogP contribution in [0.5, 0.6) is 5.75 Å². The molecule has 2 aromatic rings. The van der Waals surface area contributed by atoms with Crippen molar-refractivity contribution in [2.45, 2.75) is 26.4 Å². The first-order valence-electron chi connectivity index (χ1n) is 6.01. The van der Waals surface area contributed by atoms with E-state index >= 15 is 0 Å². The van der Waals surface area contributed by atoms with Crippen LogP contribution in [0.15, 0.2) is 30.5 Å². The molecule has 2 rings (SSSR count). The van der Waals surface area contributed by atoms with Crippen molar-refractivity contribution >= 4 is 11.3 Å². The highest BCUT2D eigenvalue weighted by Gasteiger charge is 2.05. The quantitative estimate of drug-likeness (QED) is 0.901. The molecule has 1 N–H and O–H groups in total. The van der Waals surface area contributed by atoms with Gasteiger partial charge in [-0.15, -0.1) is 11.3 Å². The van der Waals surface area contributed by atoms with E-state index in [-0.39, 0.29) is 12.7 Å². The molecule has 0 saturated carbocycles. The first kappa shape index (κ1) is 13.1. The molecule has 0 atom stereocenters. The number of aromatic nitrogens is 1. The van der Waals surface area contributed by atoms with Gasteiger partial charge in [0.2, 0.25) is 0 Å². The molecule has 0 aliphatic carbocycles. The average Bonchev–Trinajstić information content (AvgIpc) is 2.78. The van der Waals surface area contributed by atoms with Crippen molar-refractivity contribution in [3.05, 3.63) is 35.3 Å². The van der Waals surface area contributed by atoms with Crippen molar-refractivity contribution < 1.29 is 9.84 Å². The molecule has 96 valence electrons. The van der Waals surface area contributed by atoms with E-state index < -0.39 is 0 Å². The Hall–Kier alpha value is -1.39. The largest absolute Gasteiger partial charge is 0.491 e. The van der Waals surface area contributed by atoms with Crippen LogP contribution in [-0.2, 0) is 6.42 Å². The van der Waals surface area contributed by atoms with Crippen molar-refractivity contribution in [1.82, 2.24) is 4.98 Å². The topological polar surface area (TPSA) is 42.4 Å². The zero-order valence-electron chi connectivity index (χ0n) is 10.6. The predicted molar refractivity (Wildman–Crippen MR) is 74.1 cm³/mol. The maximum atomic E-state index is 8.88. The Morgan fingerprint density at radius 2 is 2.00 bits per heavy atom. The van der Waals surface area contributed by atoms with Gasteiger partial charge in [-0.25, -0.2) is 4.98 Å². The molecule has 4 heteroatoms. The standard InChI is InChI=1S/C14H17NO2S/c1-10(2)17-12-5-3-11(4-6-12)14-15-9-13(18-14)7-8-16/h3-6,9-10,16H,7-8H2,1-2H3. The van der Waals surface area contributed by atoms with E-state index in [0.717, 1.165) is 21.2 Å². The lowest BCUT2D eigenvalue weighted by Crippen LogP contribution is -2.05. The van der Waals surface area contributed by atoms with Crippen LogP contribution in [0, 0.1) is 0 Å². The number of benzene rings is 1. The van der Waals surface area contributed by atoms with Crippen molar-refractivity contribution in [3.63, 3.8) is 0 Å². The lowest BCUT2D eigenvalue weighted by atomic mass is 10.2. The summed E-state index contributed by atoms with van der Waals surface area (Å²) in [6.07, 6.45) is 2.69. The van der Waals surface area contributed by atoms with Gasteiger partial charge in [0.05, 0.1) is 6.10 Å². The normalized spacial score (nSPS) is 10.9. The second kappa shape index (κ2) is 5.98. The van der Waals surface area contributed by atoms with E-state index in [1.807, 2.05) is 44.3 Å². The molecule has 1 aromatic heterocycles. The van der Waals surface area contributed by atoms with Crippen molar-refractivity contribution in [2.24, 2.45) is 0 Å². The minimum Gasteiger partial charge on any atom is -0.491 e. The van der Waals surface area contributed by atoms with Gasteiger partial charge < -0.3 is 9.84 Å². The van der Waals surface area contributed by atoms with Gasteiger partial charge in [0, 0.05) is 29.7 Å². The highest BCUT2D eigenvalue weighted by Crippen LogP contribution is 2.27. The van der Waals surface area contributed by atoms with Gasteiger partial charge in [-0.3, -0.25) is 0 Å². The predicted octanol–water partition coefficient (Wildman–Crippen LogP) is 3.13. The summed E-state index contributed by atoms with van der Waals surface area (Å²) >= 11 is 1.62. The molecule has 1 heterocycles. The zero-order valence-corrected chi connectivity index (χ0v) is 11.4. The molecule has 0 fully saturated rings. The molecule has 0 amide bonds. The van der Waals surface area contributed by atoms with Gasteiger partial charge in [-0.2, -0.15) is 0 Å². The SMILES string of the molecule is CC(C)Oc1ccc(-c2ncc(CCO)s2)cc1. The lowest BCUT2D eigenvalue weighted by molar-refractivity contribution is 0.242. The molecule has 0 saturated heterocycles. The summed E-state index contributed by atoms with van der Waals surface area (Å²) in [5.41, 5.74) is 1.08. The minimum absolute atomic E-state index is 0.169. The molecule has 0 radical (unpaired) electrons. The fourth-order valence-electron chi connectivity index (χ4n) is 1.61. The Morgan fingerprint density at radius 1 is 1.28 bits per heavy atom. The summed E-state index contributed by atoms with van der Waals surface area (Å²) in [4.78, 5) is 5.47. The van der Waals surface area contributed by atoms with E-state index in [4.69, 9.17) is 9.84 Å². The summed E-state index contributed by atoms with van der Waals surface area (Å²) in [6, 6.07) is 7.95. The number of thiazole rings is 1. The number of nitrogens with zero attached hydrogens (tertiary/aromatic N) is 1. The third kappa shape index (κ3) is 3.31. The van der Waals surface area contributed by atoms with Crippen molar-refractivity contribution in [3.8, 4) is 16.3 Å². The maximum absolute atomic E-state index is 8.88. The second-order valence-electron chi connectivity index (χ2n) is 4.30. The number of aliphatic hydroxyl groups is 1. The molecule has 1 aromatic carbocycles. The van der Waals surface area contributed by atoms with Gasteiger partial charge in [-0.1, -0.05) is 0 Å². The van der Waals surface area contributed by atoms with Gasteiger partial charge in [-0.05, 0) is 38.1 Å². The molecule has 0 unspecified atom stereocenters.